The van der Waals surface area contributed by atoms with Gasteiger partial charge >= 0.3 is 0 Å². The lowest BCUT2D eigenvalue weighted by molar-refractivity contribution is 0.0948. The Kier molecular flexibility index (Phi) is 8.46. The van der Waals surface area contributed by atoms with Crippen LogP contribution in [0.3, 0.4) is 0 Å². The van der Waals surface area contributed by atoms with Crippen LogP contribution in [0.1, 0.15) is 23.3 Å². The maximum absolute atomic E-state index is 12.4. The Bertz CT molecular complexity index is 1050. The minimum atomic E-state index is -0.449. The predicted molar refractivity (Wildman–Crippen MR) is 127 cm³/mol. The van der Waals surface area contributed by atoms with Crippen LogP contribution in [-0.4, -0.2) is 46.7 Å². The van der Waals surface area contributed by atoms with E-state index in [1.807, 2.05) is 12.1 Å². The third-order valence-corrected chi connectivity index (χ3v) is 4.93. The average molecular weight is 455 g/mol. The minimum Gasteiger partial charge on any atom is -0.351 e. The lowest BCUT2D eigenvalue weighted by Gasteiger charge is -2.29. The highest BCUT2D eigenvalue weighted by atomic mass is 35.5. The van der Waals surface area contributed by atoms with Gasteiger partial charge in [0.05, 0.1) is 11.9 Å². The molecule has 3 rings (SSSR count). The average Bonchev–Trinajstić information content (AvgIpc) is 2.80. The van der Waals surface area contributed by atoms with Crippen molar-refractivity contribution < 1.29 is 4.79 Å². The van der Waals surface area contributed by atoms with Crippen molar-refractivity contribution in [1.29, 1.82) is 0 Å². The second kappa shape index (κ2) is 11.5. The van der Waals surface area contributed by atoms with Gasteiger partial charge in [0.2, 0.25) is 5.95 Å². The normalized spacial score (nSPS) is 11.8. The zero-order valence-electron chi connectivity index (χ0n) is 17.6. The number of halogens is 1. The summed E-state index contributed by atoms with van der Waals surface area (Å²) < 4.78 is 0. The Labute approximate surface area is 192 Å². The van der Waals surface area contributed by atoms with Crippen LogP contribution in [0, 0.1) is 0 Å². The molecule has 0 bridgehead atoms. The van der Waals surface area contributed by atoms with E-state index in [0.29, 0.717) is 54.8 Å². The molecule has 10 heteroatoms. The smallest absolute Gasteiger partial charge is 0.269 e. The van der Waals surface area contributed by atoms with E-state index in [9.17, 15) is 4.79 Å². The van der Waals surface area contributed by atoms with E-state index in [1.54, 1.807) is 47.6 Å². The van der Waals surface area contributed by atoms with Crippen molar-refractivity contribution in [1.82, 2.24) is 20.3 Å². The van der Waals surface area contributed by atoms with E-state index in [0.717, 1.165) is 11.3 Å². The van der Waals surface area contributed by atoms with Gasteiger partial charge in [-0.2, -0.15) is 0 Å². The number of hydrogen-bond acceptors (Lipinski definition) is 8. The van der Waals surface area contributed by atoms with E-state index in [1.165, 1.54) is 0 Å². The number of nitrogens with zero attached hydrogens (tertiary/aromatic N) is 4. The van der Waals surface area contributed by atoms with Crippen LogP contribution in [0.15, 0.2) is 54.9 Å². The van der Waals surface area contributed by atoms with E-state index in [-0.39, 0.29) is 5.91 Å². The van der Waals surface area contributed by atoms with Gasteiger partial charge < -0.3 is 22.5 Å². The predicted octanol–water partition coefficient (Wildman–Crippen LogP) is 2.04. The van der Waals surface area contributed by atoms with E-state index in [2.05, 4.69) is 15.3 Å². The quantitative estimate of drug-likeness (QED) is 0.268. The molecule has 168 valence electrons. The van der Waals surface area contributed by atoms with Crippen molar-refractivity contribution in [3.63, 3.8) is 0 Å². The molecule has 0 fully saturated rings. The first-order valence-corrected chi connectivity index (χ1v) is 10.7. The maximum Gasteiger partial charge on any atom is 0.269 e. The van der Waals surface area contributed by atoms with Crippen LogP contribution in [0.5, 0.6) is 0 Å². The zero-order chi connectivity index (χ0) is 22.9. The highest BCUT2D eigenvalue weighted by Gasteiger charge is 2.20. The van der Waals surface area contributed by atoms with Gasteiger partial charge in [0.25, 0.3) is 5.91 Å². The number of benzene rings is 1. The Morgan fingerprint density at radius 2 is 1.91 bits per heavy atom. The Morgan fingerprint density at radius 1 is 1.09 bits per heavy atom. The summed E-state index contributed by atoms with van der Waals surface area (Å²) in [6, 6.07) is 12.5. The molecule has 7 N–H and O–H groups in total. The fraction of sp³-hybridized carbons (Fsp3) is 0.273. The van der Waals surface area contributed by atoms with Crippen molar-refractivity contribution in [2.24, 2.45) is 17.2 Å². The molecule has 0 saturated carbocycles. The SMILES string of the molecule is NCCCNC(=O)c1cc(-c2ccnc(N(c3cccc(Cl)c3)C(N)CCN)n2)ccn1. The van der Waals surface area contributed by atoms with Crippen LogP contribution in [0.4, 0.5) is 11.6 Å². The number of carbonyl (C=O) groups is 1. The number of nitrogens with one attached hydrogen (secondary N) is 1. The molecule has 0 saturated heterocycles. The van der Waals surface area contributed by atoms with E-state index in [4.69, 9.17) is 33.8 Å². The topological polar surface area (TPSA) is 149 Å². The Hall–Kier alpha value is -3.11. The Balaban J connectivity index is 1.94. The summed E-state index contributed by atoms with van der Waals surface area (Å²) in [5, 5.41) is 3.37. The highest BCUT2D eigenvalue weighted by molar-refractivity contribution is 6.30. The second-order valence-corrected chi connectivity index (χ2v) is 7.50. The molecule has 2 aromatic heterocycles. The molecule has 3 aromatic rings. The molecule has 9 nitrogen and oxygen atoms in total. The fourth-order valence-electron chi connectivity index (χ4n) is 3.11. The van der Waals surface area contributed by atoms with E-state index < -0.39 is 6.17 Å². The first-order valence-electron chi connectivity index (χ1n) is 10.3. The van der Waals surface area contributed by atoms with Crippen molar-refractivity contribution in [3.8, 4) is 11.3 Å². The molecule has 2 heterocycles. The van der Waals surface area contributed by atoms with Gasteiger partial charge in [-0.1, -0.05) is 17.7 Å². The van der Waals surface area contributed by atoms with Gasteiger partial charge in [0, 0.05) is 35.2 Å². The molecule has 32 heavy (non-hydrogen) atoms. The van der Waals surface area contributed by atoms with Crippen LogP contribution >= 0.6 is 11.6 Å². The monoisotopic (exact) mass is 454 g/mol. The first-order chi connectivity index (χ1) is 15.5. The van der Waals surface area contributed by atoms with Crippen molar-refractivity contribution in [3.05, 3.63) is 65.6 Å². The standard InChI is InChI=1S/C22H27ClN8O/c23-16-3-1-4-17(14-16)31(20(26)5-9-25)22-29-12-7-18(30-22)15-6-11-27-19(13-15)21(32)28-10-2-8-24/h1,3-4,6-7,11-14,20H,2,5,8-10,24-26H2,(H,28,32). The van der Waals surface area contributed by atoms with Crippen LogP contribution < -0.4 is 27.4 Å². The highest BCUT2D eigenvalue weighted by Crippen LogP contribution is 2.28. The molecule has 1 aromatic carbocycles. The third-order valence-electron chi connectivity index (χ3n) is 4.69. The van der Waals surface area contributed by atoms with Crippen LogP contribution in [0.25, 0.3) is 11.3 Å². The number of aromatic nitrogens is 3. The first kappa shape index (κ1) is 23.6. The lowest BCUT2D eigenvalue weighted by Crippen LogP contribution is -2.41. The van der Waals surface area contributed by atoms with E-state index >= 15 is 0 Å². The van der Waals surface area contributed by atoms with Crippen LogP contribution in [-0.2, 0) is 0 Å². The number of rotatable bonds is 10. The fourth-order valence-corrected chi connectivity index (χ4v) is 3.30. The minimum absolute atomic E-state index is 0.264. The molecule has 0 spiro atoms. The number of carbonyl (C=O) groups excluding carboxylic acids is 1. The van der Waals surface area contributed by atoms with Gasteiger partial charge in [-0.3, -0.25) is 14.7 Å². The Morgan fingerprint density at radius 3 is 2.66 bits per heavy atom. The van der Waals surface area contributed by atoms with Gasteiger partial charge in [0.1, 0.15) is 5.69 Å². The molecule has 0 aliphatic carbocycles. The molecule has 1 atom stereocenters. The molecular formula is C22H27ClN8O. The summed E-state index contributed by atoms with van der Waals surface area (Å²) in [6.45, 7) is 1.41. The molecular weight excluding hydrogens is 428 g/mol. The largest absolute Gasteiger partial charge is 0.351 e. The van der Waals surface area contributed by atoms with Crippen molar-refractivity contribution in [2.75, 3.05) is 24.5 Å². The van der Waals surface area contributed by atoms with Gasteiger partial charge in [-0.25, -0.2) is 9.97 Å². The summed E-state index contributed by atoms with van der Waals surface area (Å²) in [5.41, 5.74) is 20.0. The van der Waals surface area contributed by atoms with Crippen molar-refractivity contribution >= 4 is 29.1 Å². The molecule has 0 radical (unpaired) electrons. The summed E-state index contributed by atoms with van der Waals surface area (Å²) in [5.74, 6) is 0.136. The molecule has 1 unspecified atom stereocenters. The maximum atomic E-state index is 12.4. The summed E-state index contributed by atoms with van der Waals surface area (Å²) in [6.07, 6.45) is 4.00. The number of pyridine rings is 1. The van der Waals surface area contributed by atoms with Gasteiger partial charge in [-0.15, -0.1) is 0 Å². The second-order valence-electron chi connectivity index (χ2n) is 7.06. The summed E-state index contributed by atoms with van der Waals surface area (Å²) >= 11 is 6.19. The van der Waals surface area contributed by atoms with Gasteiger partial charge in [-0.05, 0) is 62.3 Å². The number of nitrogens with two attached hydrogens (primary N) is 3. The molecule has 0 aliphatic heterocycles. The van der Waals surface area contributed by atoms with Crippen LogP contribution in [0.2, 0.25) is 5.02 Å². The third kappa shape index (κ3) is 5.98. The number of anilines is 2. The van der Waals surface area contributed by atoms with Crippen molar-refractivity contribution in [2.45, 2.75) is 19.0 Å². The molecule has 1 amide bonds. The molecule has 0 aliphatic rings. The lowest BCUT2D eigenvalue weighted by atomic mass is 10.1. The number of hydrogen-bond donors (Lipinski definition) is 4. The summed E-state index contributed by atoms with van der Waals surface area (Å²) in [7, 11) is 0. The summed E-state index contributed by atoms with van der Waals surface area (Å²) in [4.78, 5) is 27.5. The zero-order valence-corrected chi connectivity index (χ0v) is 18.4. The van der Waals surface area contributed by atoms with Gasteiger partial charge in [0.15, 0.2) is 0 Å². The number of amides is 1.